The number of unbranched alkanes of at least 4 members (excludes halogenated alkanes) is 12. The molecule has 0 aromatic heterocycles. The van der Waals surface area contributed by atoms with Gasteiger partial charge in [0.2, 0.25) is 0 Å². The van der Waals surface area contributed by atoms with Crippen LogP contribution in [0.5, 0.6) is 0 Å². The van der Waals surface area contributed by atoms with E-state index in [1.807, 2.05) is 26.0 Å². The molecule has 30 heavy (non-hydrogen) atoms. The number of benzene rings is 1. The maximum absolute atomic E-state index is 12.0. The van der Waals surface area contributed by atoms with Crippen LogP contribution >= 0.6 is 0 Å². The average molecular weight is 415 g/mol. The standard InChI is InChI=1S/C27H46N2O/c1-4-5-6-7-8-9-10-11-12-13-14-15-16-17-18-19-22-28-27(30)29-26-23-24(2)20-21-25(26)3/h11-12,20-21,23H,4-10,13-19,22H2,1-3H3,(H2,28,29,30)/b12-11-. The highest BCUT2D eigenvalue weighted by Crippen LogP contribution is 2.16. The molecule has 0 spiro atoms. The lowest BCUT2D eigenvalue weighted by Crippen LogP contribution is -2.29. The van der Waals surface area contributed by atoms with Crippen molar-refractivity contribution in [2.45, 2.75) is 111 Å². The summed E-state index contributed by atoms with van der Waals surface area (Å²) < 4.78 is 0. The first-order chi connectivity index (χ1) is 14.6. The second-order valence-electron chi connectivity index (χ2n) is 8.64. The van der Waals surface area contributed by atoms with Gasteiger partial charge >= 0.3 is 6.03 Å². The van der Waals surface area contributed by atoms with Crippen LogP contribution in [0.4, 0.5) is 10.5 Å². The van der Waals surface area contributed by atoms with Gasteiger partial charge < -0.3 is 10.6 Å². The van der Waals surface area contributed by atoms with Crippen molar-refractivity contribution >= 4 is 11.7 Å². The van der Waals surface area contributed by atoms with Crippen LogP contribution in [0.15, 0.2) is 30.4 Å². The Morgan fingerprint density at radius 1 is 0.800 bits per heavy atom. The molecule has 1 aromatic rings. The zero-order chi connectivity index (χ0) is 21.9. The van der Waals surface area contributed by atoms with Crippen molar-refractivity contribution in [2.24, 2.45) is 0 Å². The number of carbonyl (C=O) groups is 1. The number of aryl methyl sites for hydroxylation is 2. The molecule has 1 aromatic carbocycles. The van der Waals surface area contributed by atoms with Gasteiger partial charge in [0.05, 0.1) is 0 Å². The van der Waals surface area contributed by atoms with Crippen molar-refractivity contribution in [1.82, 2.24) is 5.32 Å². The second-order valence-corrected chi connectivity index (χ2v) is 8.64. The predicted octanol–water partition coefficient (Wildman–Crippen LogP) is 8.46. The van der Waals surface area contributed by atoms with Gasteiger partial charge in [-0.15, -0.1) is 0 Å². The highest BCUT2D eigenvalue weighted by atomic mass is 16.2. The van der Waals surface area contributed by atoms with Gasteiger partial charge in [0.25, 0.3) is 0 Å². The third-order valence-corrected chi connectivity index (χ3v) is 5.62. The van der Waals surface area contributed by atoms with Crippen LogP contribution in [0.25, 0.3) is 0 Å². The minimum absolute atomic E-state index is 0.101. The lowest BCUT2D eigenvalue weighted by molar-refractivity contribution is 0.252. The quantitative estimate of drug-likeness (QED) is 0.195. The van der Waals surface area contributed by atoms with Gasteiger partial charge in [0.1, 0.15) is 0 Å². The number of carbonyl (C=O) groups excluding carboxylic acids is 1. The molecule has 0 aliphatic carbocycles. The van der Waals surface area contributed by atoms with Gasteiger partial charge in [-0.05, 0) is 63.1 Å². The molecule has 0 bridgehead atoms. The van der Waals surface area contributed by atoms with Crippen molar-refractivity contribution in [3.8, 4) is 0 Å². The molecular formula is C27H46N2O. The highest BCUT2D eigenvalue weighted by Gasteiger charge is 2.04. The zero-order valence-corrected chi connectivity index (χ0v) is 19.9. The fourth-order valence-corrected chi connectivity index (χ4v) is 3.61. The first-order valence-corrected chi connectivity index (χ1v) is 12.4. The SMILES string of the molecule is CCCCCCCC/C=C\CCCCCCCCNC(=O)Nc1cc(C)ccc1C. The molecule has 2 amide bonds. The maximum atomic E-state index is 12.0. The smallest absolute Gasteiger partial charge is 0.319 e. The fourth-order valence-electron chi connectivity index (χ4n) is 3.61. The number of allylic oxidation sites excluding steroid dienone is 2. The van der Waals surface area contributed by atoms with E-state index in [9.17, 15) is 4.79 Å². The number of nitrogens with one attached hydrogen (secondary N) is 2. The minimum atomic E-state index is -0.101. The number of anilines is 1. The van der Waals surface area contributed by atoms with Crippen molar-refractivity contribution in [3.63, 3.8) is 0 Å². The zero-order valence-electron chi connectivity index (χ0n) is 19.9. The van der Waals surface area contributed by atoms with Crippen LogP contribution in [0.1, 0.15) is 108 Å². The van der Waals surface area contributed by atoms with Gasteiger partial charge in [0.15, 0.2) is 0 Å². The Morgan fingerprint density at radius 2 is 1.37 bits per heavy atom. The molecule has 2 N–H and O–H groups in total. The van der Waals surface area contributed by atoms with E-state index in [2.05, 4.69) is 35.8 Å². The molecule has 0 radical (unpaired) electrons. The van der Waals surface area contributed by atoms with Crippen molar-refractivity contribution in [3.05, 3.63) is 41.5 Å². The molecule has 3 heteroatoms. The molecule has 0 aliphatic heterocycles. The molecule has 3 nitrogen and oxygen atoms in total. The normalized spacial score (nSPS) is 11.2. The summed E-state index contributed by atoms with van der Waals surface area (Å²) in [5.74, 6) is 0. The third-order valence-electron chi connectivity index (χ3n) is 5.62. The summed E-state index contributed by atoms with van der Waals surface area (Å²) in [6.45, 7) is 7.07. The van der Waals surface area contributed by atoms with E-state index in [0.29, 0.717) is 0 Å². The van der Waals surface area contributed by atoms with Crippen LogP contribution in [-0.4, -0.2) is 12.6 Å². The predicted molar refractivity (Wildman–Crippen MR) is 132 cm³/mol. The molecule has 1 rings (SSSR count). The Bertz CT molecular complexity index is 595. The Kier molecular flexibility index (Phi) is 15.8. The average Bonchev–Trinajstić information content (AvgIpc) is 2.73. The minimum Gasteiger partial charge on any atom is -0.338 e. The van der Waals surface area contributed by atoms with Crippen molar-refractivity contribution in [2.75, 3.05) is 11.9 Å². The van der Waals surface area contributed by atoms with E-state index in [0.717, 1.165) is 29.8 Å². The Morgan fingerprint density at radius 3 is 2.00 bits per heavy atom. The van der Waals surface area contributed by atoms with Crippen LogP contribution in [-0.2, 0) is 0 Å². The Labute approximate surface area is 186 Å². The summed E-state index contributed by atoms with van der Waals surface area (Å²) in [6, 6.07) is 6.01. The summed E-state index contributed by atoms with van der Waals surface area (Å²) >= 11 is 0. The van der Waals surface area contributed by atoms with Crippen LogP contribution in [0.3, 0.4) is 0 Å². The van der Waals surface area contributed by atoms with E-state index in [-0.39, 0.29) is 6.03 Å². The number of rotatable bonds is 17. The van der Waals surface area contributed by atoms with E-state index in [1.54, 1.807) is 0 Å². The third kappa shape index (κ3) is 14.3. The van der Waals surface area contributed by atoms with Crippen LogP contribution < -0.4 is 10.6 Å². The maximum Gasteiger partial charge on any atom is 0.319 e. The van der Waals surface area contributed by atoms with E-state index in [1.165, 1.54) is 83.5 Å². The molecule has 0 atom stereocenters. The monoisotopic (exact) mass is 414 g/mol. The van der Waals surface area contributed by atoms with Crippen molar-refractivity contribution < 1.29 is 4.79 Å². The highest BCUT2D eigenvalue weighted by molar-refractivity contribution is 5.90. The van der Waals surface area contributed by atoms with E-state index >= 15 is 0 Å². The van der Waals surface area contributed by atoms with Crippen molar-refractivity contribution in [1.29, 1.82) is 0 Å². The first-order valence-electron chi connectivity index (χ1n) is 12.4. The van der Waals surface area contributed by atoms with Gasteiger partial charge in [-0.2, -0.15) is 0 Å². The number of amides is 2. The summed E-state index contributed by atoms with van der Waals surface area (Å²) in [6.07, 6.45) is 23.0. The number of hydrogen-bond donors (Lipinski definition) is 2. The largest absolute Gasteiger partial charge is 0.338 e. The lowest BCUT2D eigenvalue weighted by Gasteiger charge is -2.10. The molecule has 0 aliphatic rings. The first kappa shape index (κ1) is 26.3. The lowest BCUT2D eigenvalue weighted by atomic mass is 10.1. The fraction of sp³-hybridized carbons (Fsp3) is 0.667. The van der Waals surface area contributed by atoms with Gasteiger partial charge in [0, 0.05) is 12.2 Å². The van der Waals surface area contributed by atoms with Crippen LogP contribution in [0.2, 0.25) is 0 Å². The molecule has 0 unspecified atom stereocenters. The van der Waals surface area contributed by atoms with E-state index < -0.39 is 0 Å². The summed E-state index contributed by atoms with van der Waals surface area (Å²) in [5.41, 5.74) is 3.14. The number of hydrogen-bond acceptors (Lipinski definition) is 1. The van der Waals surface area contributed by atoms with E-state index in [4.69, 9.17) is 0 Å². The molecule has 0 heterocycles. The molecule has 170 valence electrons. The van der Waals surface area contributed by atoms with Crippen LogP contribution in [0, 0.1) is 13.8 Å². The van der Waals surface area contributed by atoms with Gasteiger partial charge in [-0.25, -0.2) is 4.79 Å². The Balaban J connectivity index is 1.88. The number of urea groups is 1. The topological polar surface area (TPSA) is 41.1 Å². The summed E-state index contributed by atoms with van der Waals surface area (Å²) in [7, 11) is 0. The molecule has 0 saturated carbocycles. The second kappa shape index (κ2) is 18.0. The summed E-state index contributed by atoms with van der Waals surface area (Å²) in [4.78, 5) is 12.0. The Hall–Kier alpha value is -1.77. The molecule has 0 fully saturated rings. The van der Waals surface area contributed by atoms with Gasteiger partial charge in [-0.1, -0.05) is 89.0 Å². The molecule has 0 saturated heterocycles. The molecular weight excluding hydrogens is 368 g/mol. The van der Waals surface area contributed by atoms with Gasteiger partial charge in [-0.3, -0.25) is 0 Å². The summed E-state index contributed by atoms with van der Waals surface area (Å²) in [5, 5.41) is 5.92.